The Hall–Kier alpha value is -2.11. The summed E-state index contributed by atoms with van der Waals surface area (Å²) in [7, 11) is 0. The molecule has 1 amide bonds. The molecule has 0 bridgehead atoms. The van der Waals surface area contributed by atoms with Gasteiger partial charge in [0.1, 0.15) is 0 Å². The van der Waals surface area contributed by atoms with Gasteiger partial charge in [-0.1, -0.05) is 39.7 Å². The number of amides is 1. The minimum absolute atomic E-state index is 0.0198. The van der Waals surface area contributed by atoms with E-state index in [0.717, 1.165) is 10.0 Å². The number of halogens is 2. The molecule has 2 rings (SSSR count). The van der Waals surface area contributed by atoms with Gasteiger partial charge in [-0.05, 0) is 42.0 Å². The average molecular weight is 381 g/mol. The second kappa shape index (κ2) is 7.24. The molecule has 2 aromatic rings. The molecule has 0 spiro atoms. The summed E-state index contributed by atoms with van der Waals surface area (Å²) in [5, 5.41) is 11.9. The number of nitrogens with one attached hydrogen (secondary N) is 1. The number of carbonyl (C=O) groups is 2. The third-order valence-corrected chi connectivity index (χ3v) is 3.47. The summed E-state index contributed by atoms with van der Waals surface area (Å²) in [4.78, 5) is 23.0. The highest BCUT2D eigenvalue weighted by Crippen LogP contribution is 2.21. The molecule has 0 fully saturated rings. The molecular weight excluding hydrogens is 370 g/mol. The van der Waals surface area contributed by atoms with Crippen LogP contribution in [0, 0.1) is 0 Å². The lowest BCUT2D eigenvalue weighted by Crippen LogP contribution is -2.12. The Morgan fingerprint density at radius 1 is 1.18 bits per heavy atom. The van der Waals surface area contributed by atoms with E-state index < -0.39 is 11.9 Å². The van der Waals surface area contributed by atoms with Crippen LogP contribution in [0.3, 0.4) is 0 Å². The van der Waals surface area contributed by atoms with Crippen LogP contribution in [0.5, 0.6) is 0 Å². The second-order valence-corrected chi connectivity index (χ2v) is 5.72. The largest absolute Gasteiger partial charge is 0.478 e. The molecule has 0 aromatic heterocycles. The number of benzene rings is 2. The molecule has 0 aliphatic carbocycles. The van der Waals surface area contributed by atoms with Crippen molar-refractivity contribution in [2.24, 2.45) is 0 Å². The summed E-state index contributed by atoms with van der Waals surface area (Å²) >= 11 is 9.17. The van der Waals surface area contributed by atoms with Gasteiger partial charge in [0.2, 0.25) is 5.91 Å². The Balaban J connectivity index is 2.15. The number of carboxylic acid groups (broad SMARTS) is 1. The fourth-order valence-electron chi connectivity index (χ4n) is 1.76. The van der Waals surface area contributed by atoms with Crippen LogP contribution >= 0.6 is 27.5 Å². The highest BCUT2D eigenvalue weighted by Gasteiger charge is 2.11. The summed E-state index contributed by atoms with van der Waals surface area (Å²) in [6.07, 6.45) is 2.96. The van der Waals surface area contributed by atoms with Gasteiger partial charge in [-0.3, -0.25) is 4.79 Å². The molecule has 112 valence electrons. The predicted molar refractivity (Wildman–Crippen MR) is 90.2 cm³/mol. The Labute approximate surface area is 140 Å². The molecule has 0 radical (unpaired) electrons. The molecule has 4 nitrogen and oxygen atoms in total. The molecule has 2 N–H and O–H groups in total. The summed E-state index contributed by atoms with van der Waals surface area (Å²) in [6.45, 7) is 0. The van der Waals surface area contributed by atoms with Crippen molar-refractivity contribution >= 4 is 51.2 Å². The number of anilines is 1. The first-order valence-electron chi connectivity index (χ1n) is 6.23. The Bertz CT molecular complexity index is 759. The SMILES string of the molecule is O=C(/C=C/c1cccc(Br)c1)Nc1cc(Cl)ccc1C(=O)O. The normalized spacial score (nSPS) is 10.6. The van der Waals surface area contributed by atoms with Gasteiger partial charge in [-0.15, -0.1) is 0 Å². The van der Waals surface area contributed by atoms with Gasteiger partial charge in [0.25, 0.3) is 0 Å². The van der Waals surface area contributed by atoms with Gasteiger partial charge in [0.05, 0.1) is 11.3 Å². The van der Waals surface area contributed by atoms with Crippen LogP contribution in [0.25, 0.3) is 6.08 Å². The maximum Gasteiger partial charge on any atom is 0.337 e. The van der Waals surface area contributed by atoms with Crippen molar-refractivity contribution in [1.29, 1.82) is 0 Å². The van der Waals surface area contributed by atoms with E-state index in [1.54, 1.807) is 6.08 Å². The van der Waals surface area contributed by atoms with Crippen LogP contribution in [0.2, 0.25) is 5.02 Å². The first-order valence-corrected chi connectivity index (χ1v) is 7.40. The Morgan fingerprint density at radius 2 is 1.95 bits per heavy atom. The monoisotopic (exact) mass is 379 g/mol. The van der Waals surface area contributed by atoms with Crippen molar-refractivity contribution in [2.45, 2.75) is 0 Å². The summed E-state index contributed by atoms with van der Waals surface area (Å²) in [5.41, 5.74) is 0.978. The van der Waals surface area contributed by atoms with Crippen molar-refractivity contribution in [1.82, 2.24) is 0 Å². The van der Waals surface area contributed by atoms with Gasteiger partial charge in [0, 0.05) is 15.6 Å². The molecule has 0 heterocycles. The van der Waals surface area contributed by atoms with E-state index in [9.17, 15) is 9.59 Å². The van der Waals surface area contributed by atoms with Crippen molar-refractivity contribution in [3.63, 3.8) is 0 Å². The number of carbonyl (C=O) groups excluding carboxylic acids is 1. The molecule has 0 saturated heterocycles. The lowest BCUT2D eigenvalue weighted by Gasteiger charge is -2.07. The van der Waals surface area contributed by atoms with Gasteiger partial charge >= 0.3 is 5.97 Å². The fourth-order valence-corrected chi connectivity index (χ4v) is 2.35. The fraction of sp³-hybridized carbons (Fsp3) is 0. The number of aromatic carboxylic acids is 1. The topological polar surface area (TPSA) is 66.4 Å². The van der Waals surface area contributed by atoms with Crippen molar-refractivity contribution < 1.29 is 14.7 Å². The van der Waals surface area contributed by atoms with Crippen molar-refractivity contribution in [3.05, 3.63) is 69.2 Å². The summed E-state index contributed by atoms with van der Waals surface area (Å²) in [6, 6.07) is 11.6. The maximum atomic E-state index is 11.9. The molecule has 2 aromatic carbocycles. The highest BCUT2D eigenvalue weighted by molar-refractivity contribution is 9.10. The molecule has 0 aliphatic rings. The minimum atomic E-state index is -1.14. The van der Waals surface area contributed by atoms with Crippen LogP contribution < -0.4 is 5.32 Å². The Kier molecular flexibility index (Phi) is 5.35. The molecule has 6 heteroatoms. The van der Waals surface area contributed by atoms with E-state index in [1.807, 2.05) is 24.3 Å². The van der Waals surface area contributed by atoms with Crippen LogP contribution in [0.4, 0.5) is 5.69 Å². The van der Waals surface area contributed by atoms with Gasteiger partial charge < -0.3 is 10.4 Å². The lowest BCUT2D eigenvalue weighted by molar-refractivity contribution is -0.111. The zero-order valence-corrected chi connectivity index (χ0v) is 13.6. The van der Waals surface area contributed by atoms with Crippen molar-refractivity contribution in [2.75, 3.05) is 5.32 Å². The highest BCUT2D eigenvalue weighted by atomic mass is 79.9. The predicted octanol–water partition coefficient (Wildman–Crippen LogP) is 4.45. The van der Waals surface area contributed by atoms with E-state index in [-0.39, 0.29) is 11.3 Å². The summed E-state index contributed by atoms with van der Waals surface area (Å²) in [5.74, 6) is -1.58. The molecule has 0 aliphatic heterocycles. The maximum absolute atomic E-state index is 11.9. The number of carboxylic acids is 1. The van der Waals surface area contributed by atoms with Crippen LogP contribution in [0.15, 0.2) is 53.0 Å². The first-order chi connectivity index (χ1) is 10.5. The van der Waals surface area contributed by atoms with E-state index >= 15 is 0 Å². The van der Waals surface area contributed by atoms with Crippen molar-refractivity contribution in [3.8, 4) is 0 Å². The van der Waals surface area contributed by atoms with E-state index in [0.29, 0.717) is 5.02 Å². The second-order valence-electron chi connectivity index (χ2n) is 4.37. The molecule has 0 atom stereocenters. The van der Waals surface area contributed by atoms with Crippen LogP contribution in [-0.4, -0.2) is 17.0 Å². The van der Waals surface area contributed by atoms with E-state index in [2.05, 4.69) is 21.2 Å². The first kappa shape index (κ1) is 16.3. The molecular formula is C16H11BrClNO3. The minimum Gasteiger partial charge on any atom is -0.478 e. The van der Waals surface area contributed by atoms with Gasteiger partial charge in [0.15, 0.2) is 0 Å². The average Bonchev–Trinajstić information content (AvgIpc) is 2.45. The quantitative estimate of drug-likeness (QED) is 0.770. The zero-order valence-electron chi connectivity index (χ0n) is 11.2. The molecule has 0 saturated carbocycles. The number of hydrogen-bond donors (Lipinski definition) is 2. The van der Waals surface area contributed by atoms with Gasteiger partial charge in [-0.2, -0.15) is 0 Å². The molecule has 22 heavy (non-hydrogen) atoms. The standard InChI is InChI=1S/C16H11BrClNO3/c17-11-3-1-2-10(8-11)4-7-15(20)19-14-9-12(18)5-6-13(14)16(21)22/h1-9H,(H,19,20)(H,21,22)/b7-4+. The molecule has 0 unspecified atom stereocenters. The smallest absolute Gasteiger partial charge is 0.337 e. The lowest BCUT2D eigenvalue weighted by atomic mass is 10.1. The third kappa shape index (κ3) is 4.44. The third-order valence-electron chi connectivity index (χ3n) is 2.75. The van der Waals surface area contributed by atoms with Crippen LogP contribution in [0.1, 0.15) is 15.9 Å². The Morgan fingerprint density at radius 3 is 2.64 bits per heavy atom. The van der Waals surface area contributed by atoms with E-state index in [4.69, 9.17) is 16.7 Å². The summed E-state index contributed by atoms with van der Waals surface area (Å²) < 4.78 is 0.901. The number of hydrogen-bond acceptors (Lipinski definition) is 2. The van der Waals surface area contributed by atoms with Gasteiger partial charge in [-0.25, -0.2) is 4.79 Å². The van der Waals surface area contributed by atoms with E-state index in [1.165, 1.54) is 24.3 Å². The number of rotatable bonds is 4. The zero-order chi connectivity index (χ0) is 16.1. The van der Waals surface area contributed by atoms with Crippen LogP contribution in [-0.2, 0) is 4.79 Å².